The van der Waals surface area contributed by atoms with E-state index in [1.54, 1.807) is 0 Å². The van der Waals surface area contributed by atoms with E-state index in [2.05, 4.69) is 31.0 Å². The van der Waals surface area contributed by atoms with E-state index >= 15 is 0 Å². The molecule has 4 rings (SSSR count). The van der Waals surface area contributed by atoms with Gasteiger partial charge in [0.1, 0.15) is 5.69 Å². The van der Waals surface area contributed by atoms with Crippen molar-refractivity contribution in [2.45, 2.75) is 57.0 Å². The van der Waals surface area contributed by atoms with Gasteiger partial charge in [0, 0.05) is 22.1 Å². The highest BCUT2D eigenvalue weighted by Gasteiger charge is 2.38. The molecule has 0 unspecified atom stereocenters. The molecule has 2 aliphatic rings. The molecule has 5 heteroatoms. The molecule has 24 heavy (non-hydrogen) atoms. The summed E-state index contributed by atoms with van der Waals surface area (Å²) >= 11 is 3.44. The van der Waals surface area contributed by atoms with Gasteiger partial charge in [0.25, 0.3) is 5.91 Å². The lowest BCUT2D eigenvalue weighted by Gasteiger charge is -2.34. The van der Waals surface area contributed by atoms with Crippen LogP contribution in [0.1, 0.15) is 55.4 Å². The predicted molar refractivity (Wildman–Crippen MR) is 97.8 cm³/mol. The smallest absolute Gasteiger partial charge is 0.272 e. The van der Waals surface area contributed by atoms with Gasteiger partial charge in [-0.1, -0.05) is 47.3 Å². The Hall–Kier alpha value is -1.62. The van der Waals surface area contributed by atoms with Gasteiger partial charge in [-0.2, -0.15) is 5.10 Å². The Balaban J connectivity index is 1.55. The van der Waals surface area contributed by atoms with E-state index in [0.717, 1.165) is 41.4 Å². The van der Waals surface area contributed by atoms with Crippen LogP contribution in [-0.2, 0) is 0 Å². The fourth-order valence-corrected chi connectivity index (χ4v) is 3.94. The van der Waals surface area contributed by atoms with E-state index in [1.807, 2.05) is 30.3 Å². The van der Waals surface area contributed by atoms with Gasteiger partial charge in [0.15, 0.2) is 0 Å². The third-order valence-corrected chi connectivity index (χ3v) is 5.62. The van der Waals surface area contributed by atoms with Crippen LogP contribution in [0.5, 0.6) is 0 Å². The maximum atomic E-state index is 13.1. The first-order chi connectivity index (χ1) is 11.7. The minimum Gasteiger partial charge on any atom is -0.331 e. The van der Waals surface area contributed by atoms with E-state index in [-0.39, 0.29) is 5.91 Å². The first kappa shape index (κ1) is 15.9. The lowest BCUT2D eigenvalue weighted by atomic mass is 9.93. The van der Waals surface area contributed by atoms with Gasteiger partial charge in [-0.05, 0) is 43.9 Å². The Morgan fingerprint density at radius 2 is 1.71 bits per heavy atom. The number of H-pyrrole nitrogens is 1. The first-order valence-corrected chi connectivity index (χ1v) is 9.66. The maximum Gasteiger partial charge on any atom is 0.272 e. The Morgan fingerprint density at radius 1 is 1.04 bits per heavy atom. The largest absolute Gasteiger partial charge is 0.331 e. The number of amides is 1. The summed E-state index contributed by atoms with van der Waals surface area (Å²) < 4.78 is 1.04. The summed E-state index contributed by atoms with van der Waals surface area (Å²) in [5.41, 5.74) is 2.46. The number of hydrogen-bond donors (Lipinski definition) is 1. The summed E-state index contributed by atoms with van der Waals surface area (Å²) in [5.74, 6) is 0.125. The molecule has 4 nitrogen and oxygen atoms in total. The third-order valence-electron chi connectivity index (χ3n) is 5.09. The molecule has 126 valence electrons. The zero-order chi connectivity index (χ0) is 16.5. The summed E-state index contributed by atoms with van der Waals surface area (Å²) in [6, 6.07) is 10.7. The highest BCUT2D eigenvalue weighted by Crippen LogP contribution is 2.35. The Bertz CT molecular complexity index is 714. The molecule has 0 aliphatic heterocycles. The number of nitrogens with zero attached hydrogens (tertiary/aromatic N) is 2. The predicted octanol–water partition coefficient (Wildman–Crippen LogP) is 4.78. The second-order valence-corrected chi connectivity index (χ2v) is 7.82. The minimum atomic E-state index is 0.125. The summed E-state index contributed by atoms with van der Waals surface area (Å²) in [7, 11) is 0. The summed E-state index contributed by atoms with van der Waals surface area (Å²) in [6.45, 7) is 0. The molecule has 2 aliphatic carbocycles. The average molecular weight is 388 g/mol. The average Bonchev–Trinajstić information content (AvgIpc) is 3.31. The zero-order valence-electron chi connectivity index (χ0n) is 13.7. The number of hydrogen-bond acceptors (Lipinski definition) is 2. The molecule has 1 heterocycles. The number of nitrogens with one attached hydrogen (secondary N) is 1. The van der Waals surface area contributed by atoms with Crippen LogP contribution in [0.2, 0.25) is 0 Å². The molecule has 0 atom stereocenters. The van der Waals surface area contributed by atoms with Crippen LogP contribution in [0.25, 0.3) is 11.3 Å². The molecule has 1 N–H and O–H groups in total. The monoisotopic (exact) mass is 387 g/mol. The third kappa shape index (κ3) is 3.27. The normalized spacial score (nSPS) is 18.5. The fourth-order valence-electron chi connectivity index (χ4n) is 3.68. The lowest BCUT2D eigenvalue weighted by molar-refractivity contribution is 0.0608. The van der Waals surface area contributed by atoms with Crippen molar-refractivity contribution in [3.8, 4) is 11.3 Å². The second kappa shape index (κ2) is 6.71. The maximum absolute atomic E-state index is 13.1. The molecule has 0 bridgehead atoms. The van der Waals surface area contributed by atoms with Crippen molar-refractivity contribution in [1.82, 2.24) is 15.1 Å². The Kier molecular flexibility index (Phi) is 4.44. The molecule has 0 saturated heterocycles. The molecule has 1 aromatic heterocycles. The van der Waals surface area contributed by atoms with Crippen molar-refractivity contribution >= 4 is 21.8 Å². The molecule has 0 radical (unpaired) electrons. The van der Waals surface area contributed by atoms with Crippen molar-refractivity contribution in [3.63, 3.8) is 0 Å². The van der Waals surface area contributed by atoms with Crippen molar-refractivity contribution in [2.75, 3.05) is 0 Å². The Morgan fingerprint density at radius 3 is 2.38 bits per heavy atom. The molecular weight excluding hydrogens is 366 g/mol. The molecular formula is C19H22BrN3O. The number of halogens is 1. The van der Waals surface area contributed by atoms with E-state index in [1.165, 1.54) is 19.3 Å². The van der Waals surface area contributed by atoms with Crippen LogP contribution in [0.15, 0.2) is 34.8 Å². The van der Waals surface area contributed by atoms with Gasteiger partial charge in [-0.25, -0.2) is 0 Å². The van der Waals surface area contributed by atoms with Crippen molar-refractivity contribution in [3.05, 3.63) is 40.5 Å². The van der Waals surface area contributed by atoms with Crippen molar-refractivity contribution in [2.24, 2.45) is 0 Å². The van der Waals surface area contributed by atoms with Crippen LogP contribution in [0, 0.1) is 0 Å². The van der Waals surface area contributed by atoms with Gasteiger partial charge >= 0.3 is 0 Å². The molecule has 1 amide bonds. The van der Waals surface area contributed by atoms with Gasteiger partial charge in [0.05, 0.1) is 5.69 Å². The molecule has 2 fully saturated rings. The minimum absolute atomic E-state index is 0.125. The van der Waals surface area contributed by atoms with E-state index < -0.39 is 0 Å². The van der Waals surface area contributed by atoms with Crippen LogP contribution in [0.3, 0.4) is 0 Å². The molecule has 2 saturated carbocycles. The highest BCUT2D eigenvalue weighted by molar-refractivity contribution is 9.10. The highest BCUT2D eigenvalue weighted by atomic mass is 79.9. The van der Waals surface area contributed by atoms with Crippen LogP contribution in [-0.4, -0.2) is 33.1 Å². The fraction of sp³-hybridized carbons (Fsp3) is 0.474. The number of aromatic nitrogens is 2. The van der Waals surface area contributed by atoms with Gasteiger partial charge in [0.2, 0.25) is 0 Å². The summed E-state index contributed by atoms with van der Waals surface area (Å²) in [6.07, 6.45) is 8.39. The van der Waals surface area contributed by atoms with Crippen LogP contribution in [0.4, 0.5) is 0 Å². The summed E-state index contributed by atoms with van der Waals surface area (Å²) in [4.78, 5) is 15.2. The number of carbonyl (C=O) groups is 1. The second-order valence-electron chi connectivity index (χ2n) is 6.91. The first-order valence-electron chi connectivity index (χ1n) is 8.86. The quantitative estimate of drug-likeness (QED) is 0.820. The molecule has 2 aromatic rings. The van der Waals surface area contributed by atoms with E-state index in [0.29, 0.717) is 17.8 Å². The van der Waals surface area contributed by atoms with E-state index in [9.17, 15) is 4.79 Å². The van der Waals surface area contributed by atoms with Gasteiger partial charge in [-0.3, -0.25) is 9.89 Å². The standard InChI is InChI=1S/C19H22BrN3O/c20-14-8-6-13(7-9-14)17-12-18(22-21-17)19(24)23(16-10-11-16)15-4-2-1-3-5-15/h6-9,12,15-16H,1-5,10-11H2,(H,21,22). The number of rotatable bonds is 4. The number of carbonyl (C=O) groups excluding carboxylic acids is 1. The zero-order valence-corrected chi connectivity index (χ0v) is 15.3. The topological polar surface area (TPSA) is 49.0 Å². The van der Waals surface area contributed by atoms with Crippen molar-refractivity contribution in [1.29, 1.82) is 0 Å². The SMILES string of the molecule is O=C(c1cc(-c2ccc(Br)cc2)n[nH]1)N(C1CCCCC1)C1CC1. The van der Waals surface area contributed by atoms with Gasteiger partial charge in [-0.15, -0.1) is 0 Å². The molecule has 0 spiro atoms. The van der Waals surface area contributed by atoms with Crippen LogP contribution < -0.4 is 0 Å². The van der Waals surface area contributed by atoms with Gasteiger partial charge < -0.3 is 4.90 Å². The number of benzene rings is 1. The number of aromatic amines is 1. The summed E-state index contributed by atoms with van der Waals surface area (Å²) in [5, 5.41) is 7.32. The Labute approximate surface area is 150 Å². The van der Waals surface area contributed by atoms with Crippen molar-refractivity contribution < 1.29 is 4.79 Å². The van der Waals surface area contributed by atoms with Crippen LogP contribution >= 0.6 is 15.9 Å². The van der Waals surface area contributed by atoms with E-state index in [4.69, 9.17) is 0 Å². The lowest BCUT2D eigenvalue weighted by Crippen LogP contribution is -2.43. The molecule has 1 aromatic carbocycles.